The first-order valence-electron chi connectivity index (χ1n) is 5.55. The van der Waals surface area contributed by atoms with Crippen LogP contribution in [0.2, 0.25) is 0 Å². The minimum atomic E-state index is 0.171. The Kier molecular flexibility index (Phi) is 3.18. The van der Waals surface area contributed by atoms with E-state index in [0.29, 0.717) is 24.0 Å². The molecule has 0 fully saturated rings. The number of rotatable bonds is 2. The average Bonchev–Trinajstić information content (AvgIpc) is 1.98. The monoisotopic (exact) mass is 194 g/mol. The molecule has 1 aliphatic carbocycles. The Morgan fingerprint density at radius 1 is 1.21 bits per heavy atom. The van der Waals surface area contributed by atoms with Gasteiger partial charge in [0.05, 0.1) is 0 Å². The van der Waals surface area contributed by atoms with Gasteiger partial charge in [-0.3, -0.25) is 4.79 Å². The fraction of sp³-hybridized carbons (Fsp3) is 0.769. The molecule has 1 rings (SSSR count). The van der Waals surface area contributed by atoms with E-state index < -0.39 is 0 Å². The lowest BCUT2D eigenvalue weighted by molar-refractivity contribution is -0.117. The number of carbonyl (C=O) groups is 1. The van der Waals surface area contributed by atoms with Crippen molar-refractivity contribution >= 4 is 5.78 Å². The third-order valence-electron chi connectivity index (χ3n) is 3.27. The van der Waals surface area contributed by atoms with Crippen LogP contribution in [0.25, 0.3) is 0 Å². The van der Waals surface area contributed by atoms with Crippen molar-refractivity contribution in [1.82, 2.24) is 0 Å². The summed E-state index contributed by atoms with van der Waals surface area (Å²) in [5.74, 6) is 1.48. The lowest BCUT2D eigenvalue weighted by Gasteiger charge is -2.32. The van der Waals surface area contributed by atoms with Crippen LogP contribution in [-0.4, -0.2) is 5.78 Å². The highest BCUT2D eigenvalue weighted by Gasteiger charge is 2.29. The molecule has 0 aromatic heterocycles. The molecule has 0 N–H and O–H groups in total. The van der Waals surface area contributed by atoms with E-state index in [9.17, 15) is 4.79 Å². The average molecular weight is 194 g/mol. The second-order valence-corrected chi connectivity index (χ2v) is 5.74. The first-order chi connectivity index (χ1) is 6.32. The van der Waals surface area contributed by atoms with Crippen molar-refractivity contribution in [3.8, 4) is 0 Å². The summed E-state index contributed by atoms with van der Waals surface area (Å²) < 4.78 is 0. The molecule has 1 aliphatic rings. The number of carbonyl (C=O) groups excluding carboxylic acids is 1. The Morgan fingerprint density at radius 2 is 1.79 bits per heavy atom. The van der Waals surface area contributed by atoms with E-state index in [0.717, 1.165) is 6.42 Å². The molecule has 14 heavy (non-hydrogen) atoms. The van der Waals surface area contributed by atoms with Gasteiger partial charge in [0, 0.05) is 6.42 Å². The number of ketones is 1. The molecule has 80 valence electrons. The lowest BCUT2D eigenvalue weighted by Crippen LogP contribution is -2.25. The normalized spacial score (nSPS) is 23.6. The molecule has 0 radical (unpaired) electrons. The Bertz CT molecular complexity index is 258. The van der Waals surface area contributed by atoms with Crippen LogP contribution in [0.15, 0.2) is 11.6 Å². The summed E-state index contributed by atoms with van der Waals surface area (Å²) >= 11 is 0. The zero-order chi connectivity index (χ0) is 10.9. The minimum Gasteiger partial charge on any atom is -0.295 e. The molecule has 1 heteroatoms. The van der Waals surface area contributed by atoms with Gasteiger partial charge in [-0.1, -0.05) is 40.2 Å². The highest BCUT2D eigenvalue weighted by Crippen LogP contribution is 2.38. The molecule has 0 aromatic rings. The standard InChI is InChI=1S/C13H22O/c1-9(2)10(3)11-6-12(14)8-13(4,5)7-11/h6,9-10H,7-8H2,1-5H3. The topological polar surface area (TPSA) is 17.1 Å². The second kappa shape index (κ2) is 3.88. The van der Waals surface area contributed by atoms with E-state index in [1.807, 2.05) is 6.08 Å². The van der Waals surface area contributed by atoms with Gasteiger partial charge in [0.25, 0.3) is 0 Å². The molecule has 1 nitrogen and oxygen atoms in total. The first-order valence-corrected chi connectivity index (χ1v) is 5.55. The largest absolute Gasteiger partial charge is 0.295 e. The van der Waals surface area contributed by atoms with Crippen LogP contribution < -0.4 is 0 Å². The molecule has 0 spiro atoms. The molecular weight excluding hydrogens is 172 g/mol. The molecule has 0 heterocycles. The molecule has 0 amide bonds. The highest BCUT2D eigenvalue weighted by atomic mass is 16.1. The number of hydrogen-bond donors (Lipinski definition) is 0. The summed E-state index contributed by atoms with van der Waals surface area (Å²) in [6.07, 6.45) is 3.68. The molecule has 0 bridgehead atoms. The van der Waals surface area contributed by atoms with Crippen molar-refractivity contribution in [3.63, 3.8) is 0 Å². The van der Waals surface area contributed by atoms with E-state index in [4.69, 9.17) is 0 Å². The Balaban J connectivity index is 2.84. The summed E-state index contributed by atoms with van der Waals surface area (Å²) in [6, 6.07) is 0. The minimum absolute atomic E-state index is 0.171. The molecule has 1 unspecified atom stereocenters. The van der Waals surface area contributed by atoms with Crippen LogP contribution in [0.3, 0.4) is 0 Å². The molecule has 0 aromatic carbocycles. The van der Waals surface area contributed by atoms with E-state index >= 15 is 0 Å². The summed E-state index contributed by atoms with van der Waals surface area (Å²) in [6.45, 7) is 11.0. The summed E-state index contributed by atoms with van der Waals surface area (Å²) in [5.41, 5.74) is 1.52. The van der Waals surface area contributed by atoms with E-state index in [-0.39, 0.29) is 5.41 Å². The van der Waals surface area contributed by atoms with Crippen molar-refractivity contribution in [2.75, 3.05) is 0 Å². The third kappa shape index (κ3) is 2.70. The van der Waals surface area contributed by atoms with Crippen LogP contribution in [0, 0.1) is 17.3 Å². The van der Waals surface area contributed by atoms with Crippen LogP contribution in [0.1, 0.15) is 47.5 Å². The fourth-order valence-corrected chi connectivity index (χ4v) is 2.12. The van der Waals surface area contributed by atoms with Gasteiger partial charge >= 0.3 is 0 Å². The SMILES string of the molecule is CC(C)C(C)C1=CC(=O)CC(C)(C)C1. The van der Waals surface area contributed by atoms with Crippen LogP contribution in [0.4, 0.5) is 0 Å². The van der Waals surface area contributed by atoms with E-state index in [1.165, 1.54) is 5.57 Å². The maximum absolute atomic E-state index is 11.5. The van der Waals surface area contributed by atoms with Crippen molar-refractivity contribution in [3.05, 3.63) is 11.6 Å². The van der Waals surface area contributed by atoms with E-state index in [1.54, 1.807) is 0 Å². The molecule has 0 aliphatic heterocycles. The highest BCUT2D eigenvalue weighted by molar-refractivity contribution is 5.91. The van der Waals surface area contributed by atoms with Crippen LogP contribution in [-0.2, 0) is 4.79 Å². The quantitative estimate of drug-likeness (QED) is 0.656. The Labute approximate surface area is 87.6 Å². The zero-order valence-electron chi connectivity index (χ0n) is 10.1. The first kappa shape index (κ1) is 11.5. The molecule has 1 atom stereocenters. The van der Waals surface area contributed by atoms with Crippen molar-refractivity contribution in [1.29, 1.82) is 0 Å². The van der Waals surface area contributed by atoms with Crippen molar-refractivity contribution in [2.24, 2.45) is 17.3 Å². The summed E-state index contributed by atoms with van der Waals surface area (Å²) in [5, 5.41) is 0. The smallest absolute Gasteiger partial charge is 0.156 e. The predicted molar refractivity (Wildman–Crippen MR) is 60.1 cm³/mol. The summed E-state index contributed by atoms with van der Waals surface area (Å²) in [4.78, 5) is 11.5. The Hall–Kier alpha value is -0.590. The Morgan fingerprint density at radius 3 is 2.21 bits per heavy atom. The van der Waals surface area contributed by atoms with Gasteiger partial charge in [-0.25, -0.2) is 0 Å². The second-order valence-electron chi connectivity index (χ2n) is 5.74. The van der Waals surface area contributed by atoms with Gasteiger partial charge in [-0.15, -0.1) is 0 Å². The van der Waals surface area contributed by atoms with Gasteiger partial charge in [0.2, 0.25) is 0 Å². The number of hydrogen-bond acceptors (Lipinski definition) is 1. The fourth-order valence-electron chi connectivity index (χ4n) is 2.12. The maximum Gasteiger partial charge on any atom is 0.156 e. The van der Waals surface area contributed by atoms with Gasteiger partial charge in [-0.2, -0.15) is 0 Å². The van der Waals surface area contributed by atoms with Gasteiger partial charge < -0.3 is 0 Å². The van der Waals surface area contributed by atoms with Gasteiger partial charge in [0.15, 0.2) is 5.78 Å². The van der Waals surface area contributed by atoms with Crippen molar-refractivity contribution < 1.29 is 4.79 Å². The van der Waals surface area contributed by atoms with Gasteiger partial charge in [0.1, 0.15) is 0 Å². The lowest BCUT2D eigenvalue weighted by atomic mass is 9.72. The zero-order valence-corrected chi connectivity index (χ0v) is 10.1. The third-order valence-corrected chi connectivity index (χ3v) is 3.27. The molecule has 0 saturated heterocycles. The predicted octanol–water partition coefficient (Wildman–Crippen LogP) is 3.59. The number of allylic oxidation sites excluding steroid dienone is 2. The van der Waals surface area contributed by atoms with Crippen LogP contribution >= 0.6 is 0 Å². The van der Waals surface area contributed by atoms with Gasteiger partial charge in [-0.05, 0) is 29.7 Å². The van der Waals surface area contributed by atoms with E-state index in [2.05, 4.69) is 34.6 Å². The maximum atomic E-state index is 11.5. The van der Waals surface area contributed by atoms with Crippen LogP contribution in [0.5, 0.6) is 0 Å². The summed E-state index contributed by atoms with van der Waals surface area (Å²) in [7, 11) is 0. The molecular formula is C13H22O. The molecule has 0 saturated carbocycles. The van der Waals surface area contributed by atoms with Crippen molar-refractivity contribution in [2.45, 2.75) is 47.5 Å².